The zero-order valence-corrected chi connectivity index (χ0v) is 11.1. The van der Waals surface area contributed by atoms with Crippen molar-refractivity contribution in [3.63, 3.8) is 0 Å². The summed E-state index contributed by atoms with van der Waals surface area (Å²) in [4.78, 5) is 6.23. The molecule has 0 aliphatic carbocycles. The molecular formula is C12H21N3S. The van der Waals surface area contributed by atoms with Crippen LogP contribution in [0.4, 0.5) is 0 Å². The Morgan fingerprint density at radius 3 is 2.50 bits per heavy atom. The lowest BCUT2D eigenvalue weighted by molar-refractivity contribution is 0.437. The molecule has 3 nitrogen and oxygen atoms in total. The van der Waals surface area contributed by atoms with Crippen LogP contribution in [0, 0.1) is 0 Å². The summed E-state index contributed by atoms with van der Waals surface area (Å²) in [6, 6.07) is 4.27. The first-order chi connectivity index (χ1) is 7.61. The van der Waals surface area contributed by atoms with Gasteiger partial charge in [-0.1, -0.05) is 0 Å². The minimum absolute atomic E-state index is 0.162. The second kappa shape index (κ2) is 6.89. The van der Waals surface area contributed by atoms with Gasteiger partial charge in [0.2, 0.25) is 0 Å². The highest BCUT2D eigenvalue weighted by molar-refractivity contribution is 7.99. The molecule has 0 aromatic carbocycles. The summed E-state index contributed by atoms with van der Waals surface area (Å²) in [7, 11) is 4.18. The fourth-order valence-corrected chi connectivity index (χ4v) is 2.84. The predicted molar refractivity (Wildman–Crippen MR) is 71.6 cm³/mol. The summed E-state index contributed by atoms with van der Waals surface area (Å²) in [6.45, 7) is 3.15. The van der Waals surface area contributed by atoms with Gasteiger partial charge in [0.25, 0.3) is 0 Å². The van der Waals surface area contributed by atoms with Crippen LogP contribution in [0.3, 0.4) is 0 Å². The van der Waals surface area contributed by atoms with Gasteiger partial charge in [0.15, 0.2) is 0 Å². The van der Waals surface area contributed by atoms with E-state index in [1.54, 1.807) is 0 Å². The molecule has 1 aromatic rings. The van der Waals surface area contributed by atoms with Crippen LogP contribution in [-0.4, -0.2) is 42.3 Å². The van der Waals surface area contributed by atoms with Crippen molar-refractivity contribution < 1.29 is 0 Å². The van der Waals surface area contributed by atoms with Crippen LogP contribution < -0.4 is 5.73 Å². The predicted octanol–water partition coefficient (Wildman–Crippen LogP) is 1.76. The molecule has 90 valence electrons. The van der Waals surface area contributed by atoms with Crippen LogP contribution in [0.25, 0.3) is 0 Å². The van der Waals surface area contributed by atoms with E-state index >= 15 is 0 Å². The van der Waals surface area contributed by atoms with Gasteiger partial charge in [-0.3, -0.25) is 4.98 Å². The molecule has 1 rings (SSSR count). The molecule has 0 spiro atoms. The fourth-order valence-electron chi connectivity index (χ4n) is 1.47. The van der Waals surface area contributed by atoms with Crippen molar-refractivity contribution in [1.82, 2.24) is 9.88 Å². The maximum absolute atomic E-state index is 6.03. The van der Waals surface area contributed by atoms with E-state index < -0.39 is 0 Å². The molecule has 2 unspecified atom stereocenters. The third-order valence-corrected chi connectivity index (χ3v) is 3.83. The maximum atomic E-state index is 6.03. The molecule has 2 N–H and O–H groups in total. The van der Waals surface area contributed by atoms with Gasteiger partial charge in [0.05, 0.1) is 0 Å². The third kappa shape index (κ3) is 4.51. The van der Waals surface area contributed by atoms with Gasteiger partial charge in [-0.25, -0.2) is 0 Å². The molecular weight excluding hydrogens is 218 g/mol. The summed E-state index contributed by atoms with van der Waals surface area (Å²) in [5.41, 5.74) is 7.30. The van der Waals surface area contributed by atoms with Gasteiger partial charge in [-0.15, -0.1) is 0 Å². The average Bonchev–Trinajstić information content (AvgIpc) is 2.25. The second-order valence-corrected chi connectivity index (χ2v) is 5.48. The minimum Gasteiger partial charge on any atom is -0.327 e. The van der Waals surface area contributed by atoms with E-state index in [2.05, 4.69) is 43.0 Å². The molecule has 1 heterocycles. The molecule has 0 aliphatic rings. The van der Waals surface area contributed by atoms with Crippen LogP contribution in [0.15, 0.2) is 24.5 Å². The van der Waals surface area contributed by atoms with Crippen LogP contribution in [0.5, 0.6) is 0 Å². The lowest BCUT2D eigenvalue weighted by Gasteiger charge is -2.21. The highest BCUT2D eigenvalue weighted by Crippen LogP contribution is 2.30. The summed E-state index contributed by atoms with van der Waals surface area (Å²) in [5, 5.41) is 0.364. The quantitative estimate of drug-likeness (QED) is 0.821. The largest absolute Gasteiger partial charge is 0.327 e. The highest BCUT2D eigenvalue weighted by atomic mass is 32.2. The first-order valence-corrected chi connectivity index (χ1v) is 6.58. The van der Waals surface area contributed by atoms with Crippen molar-refractivity contribution in [3.05, 3.63) is 30.1 Å². The van der Waals surface area contributed by atoms with Gasteiger partial charge >= 0.3 is 0 Å². The number of hydrogen-bond donors (Lipinski definition) is 1. The second-order valence-electron chi connectivity index (χ2n) is 4.23. The Morgan fingerprint density at radius 2 is 2.00 bits per heavy atom. The number of thioether (sulfide) groups is 1. The van der Waals surface area contributed by atoms with Gasteiger partial charge in [0, 0.05) is 36.0 Å². The van der Waals surface area contributed by atoms with Gasteiger partial charge in [-0.2, -0.15) is 11.8 Å². The van der Waals surface area contributed by atoms with Gasteiger partial charge in [0.1, 0.15) is 0 Å². The molecule has 0 bridgehead atoms. The van der Waals surface area contributed by atoms with E-state index in [9.17, 15) is 0 Å². The summed E-state index contributed by atoms with van der Waals surface area (Å²) < 4.78 is 0. The van der Waals surface area contributed by atoms with E-state index in [1.807, 2.05) is 24.2 Å². The maximum Gasteiger partial charge on any atom is 0.0447 e. The van der Waals surface area contributed by atoms with Crippen molar-refractivity contribution >= 4 is 11.8 Å². The molecule has 16 heavy (non-hydrogen) atoms. The SMILES string of the molecule is CC(N)C(SCCN(C)C)c1ccncc1. The van der Waals surface area contributed by atoms with Gasteiger partial charge < -0.3 is 10.6 Å². The molecule has 4 heteroatoms. The number of nitrogens with zero attached hydrogens (tertiary/aromatic N) is 2. The van der Waals surface area contributed by atoms with Crippen LogP contribution in [0.1, 0.15) is 17.7 Å². The first kappa shape index (κ1) is 13.5. The topological polar surface area (TPSA) is 42.1 Å². The van der Waals surface area contributed by atoms with Crippen LogP contribution in [-0.2, 0) is 0 Å². The lowest BCUT2D eigenvalue weighted by atomic mass is 10.1. The van der Waals surface area contributed by atoms with Crippen molar-refractivity contribution in [3.8, 4) is 0 Å². The Labute approximate surface area is 102 Å². The van der Waals surface area contributed by atoms with Crippen molar-refractivity contribution in [1.29, 1.82) is 0 Å². The molecule has 0 saturated heterocycles. The minimum atomic E-state index is 0.162. The number of hydrogen-bond acceptors (Lipinski definition) is 4. The average molecular weight is 239 g/mol. The summed E-state index contributed by atoms with van der Waals surface area (Å²) in [6.07, 6.45) is 3.66. The van der Waals surface area contributed by atoms with Gasteiger partial charge in [-0.05, 0) is 38.7 Å². The third-order valence-electron chi connectivity index (χ3n) is 2.35. The van der Waals surface area contributed by atoms with Crippen LogP contribution in [0.2, 0.25) is 0 Å². The standard InChI is InChI=1S/C12H21N3S/c1-10(13)12(16-9-8-15(2)3)11-4-6-14-7-5-11/h4-7,10,12H,8-9,13H2,1-3H3. The molecule has 1 aromatic heterocycles. The van der Waals surface area contributed by atoms with E-state index in [0.29, 0.717) is 5.25 Å². The molecule has 0 saturated carbocycles. The van der Waals surface area contributed by atoms with Crippen molar-refractivity contribution in [2.24, 2.45) is 5.73 Å². The Bertz CT molecular complexity index is 288. The Morgan fingerprint density at radius 1 is 1.38 bits per heavy atom. The number of aromatic nitrogens is 1. The van der Waals surface area contributed by atoms with E-state index in [-0.39, 0.29) is 6.04 Å². The monoisotopic (exact) mass is 239 g/mol. The first-order valence-electron chi connectivity index (χ1n) is 5.53. The normalized spacial score (nSPS) is 15.1. The van der Waals surface area contributed by atoms with E-state index in [0.717, 1.165) is 12.3 Å². The summed E-state index contributed by atoms with van der Waals surface area (Å²) in [5.74, 6) is 1.10. The zero-order valence-electron chi connectivity index (χ0n) is 10.3. The number of rotatable bonds is 6. The Hall–Kier alpha value is -0.580. The lowest BCUT2D eigenvalue weighted by Crippen LogP contribution is -2.24. The highest BCUT2D eigenvalue weighted by Gasteiger charge is 2.16. The summed E-state index contributed by atoms with van der Waals surface area (Å²) >= 11 is 1.92. The molecule has 0 aliphatic heterocycles. The molecule has 2 atom stereocenters. The number of nitrogens with two attached hydrogens (primary N) is 1. The fraction of sp³-hybridized carbons (Fsp3) is 0.583. The molecule has 0 amide bonds. The Kier molecular flexibility index (Phi) is 5.80. The van der Waals surface area contributed by atoms with E-state index in [1.165, 1.54) is 5.56 Å². The van der Waals surface area contributed by atoms with E-state index in [4.69, 9.17) is 5.73 Å². The van der Waals surface area contributed by atoms with Crippen LogP contribution >= 0.6 is 11.8 Å². The Balaban J connectivity index is 2.55. The van der Waals surface area contributed by atoms with Crippen molar-refractivity contribution in [2.75, 3.05) is 26.4 Å². The number of pyridine rings is 1. The van der Waals surface area contributed by atoms with Crippen molar-refractivity contribution in [2.45, 2.75) is 18.2 Å². The molecule has 0 radical (unpaired) electrons. The zero-order chi connectivity index (χ0) is 12.0. The molecule has 0 fully saturated rings. The smallest absolute Gasteiger partial charge is 0.0447 e.